The second-order valence-electron chi connectivity index (χ2n) is 21.7. The van der Waals surface area contributed by atoms with Crippen molar-refractivity contribution in [1.29, 1.82) is 0 Å². The molecule has 0 aromatic carbocycles. The van der Waals surface area contributed by atoms with Gasteiger partial charge in [-0.25, -0.2) is 4.79 Å². The quantitative estimate of drug-likeness (QED) is 0.0306. The Kier molecular flexibility index (Phi) is 26.4. The summed E-state index contributed by atoms with van der Waals surface area (Å²) >= 11 is 0. The van der Waals surface area contributed by atoms with Crippen LogP contribution in [0.5, 0.6) is 0 Å². The summed E-state index contributed by atoms with van der Waals surface area (Å²) in [6, 6.07) is 0. The molecule has 0 aromatic heterocycles. The molecule has 30 atom stereocenters. The number of ether oxygens (including phenoxy) is 12. The van der Waals surface area contributed by atoms with Gasteiger partial charge in [0, 0.05) is 6.42 Å². The fourth-order valence-electron chi connectivity index (χ4n) is 11.1. The minimum Gasteiger partial charge on any atom is -0.394 e. The number of carbonyl (C=O) groups is 1. The number of aliphatic hydroxyl groups excluding tert-OH is 17. The van der Waals surface area contributed by atoms with Crippen molar-refractivity contribution in [1.82, 2.24) is 0 Å². The molecular formula is C50H86O32. The molecule has 32 heteroatoms. The molecule has 82 heavy (non-hydrogen) atoms. The predicted octanol–water partition coefficient (Wildman–Crippen LogP) is -7.87. The van der Waals surface area contributed by atoms with Crippen LogP contribution in [-0.2, 0) is 71.4 Å². The van der Waals surface area contributed by atoms with E-state index < -0.39 is 230 Å². The average Bonchev–Trinajstić information content (AvgIpc) is 3.48. The largest absolute Gasteiger partial charge is 0.394 e. The summed E-state index contributed by atoms with van der Waals surface area (Å²) in [6.07, 6.45) is -48.8. The van der Waals surface area contributed by atoms with Crippen LogP contribution in [-0.4, -0.2) is 317 Å². The third-order valence-electron chi connectivity index (χ3n) is 15.9. The van der Waals surface area contributed by atoms with Gasteiger partial charge in [-0.15, -0.1) is 0 Å². The van der Waals surface area contributed by atoms with Crippen molar-refractivity contribution in [3.63, 3.8) is 0 Å². The minimum atomic E-state index is -2.21. The molecule has 22 fully saturated rings. The van der Waals surface area contributed by atoms with Gasteiger partial charge in [-0.05, 0) is 6.42 Å². The van der Waals surface area contributed by atoms with Crippen LogP contribution in [0.4, 0.5) is 0 Å². The van der Waals surface area contributed by atoms with Gasteiger partial charge in [0.1, 0.15) is 140 Å². The van der Waals surface area contributed by atoms with E-state index in [0.717, 1.165) is 38.5 Å². The van der Waals surface area contributed by atoms with E-state index in [1.54, 1.807) is 0 Å². The van der Waals surface area contributed by atoms with Gasteiger partial charge in [0.05, 0.1) is 39.6 Å². The van der Waals surface area contributed by atoms with E-state index in [-0.39, 0.29) is 6.42 Å². The van der Waals surface area contributed by atoms with Gasteiger partial charge >= 0.3 is 5.97 Å². The van der Waals surface area contributed by atoms with Crippen molar-refractivity contribution in [2.75, 3.05) is 39.6 Å². The summed E-state index contributed by atoms with van der Waals surface area (Å²) in [7, 11) is 0. The summed E-state index contributed by atoms with van der Waals surface area (Å²) in [5.74, 6) is -0.914. The van der Waals surface area contributed by atoms with Crippen LogP contribution in [0.25, 0.3) is 0 Å². The molecule has 478 valence electrons. The van der Waals surface area contributed by atoms with E-state index in [1.807, 2.05) is 0 Å². The molecule has 32 nitrogen and oxygen atoms in total. The molecular weight excluding hydrogens is 1110 g/mol. The molecule has 0 radical (unpaired) electrons. The van der Waals surface area contributed by atoms with Crippen molar-refractivity contribution >= 4 is 5.97 Å². The Morgan fingerprint density at radius 3 is 0.805 bits per heavy atom. The summed E-state index contributed by atoms with van der Waals surface area (Å²) in [5.41, 5.74) is 0. The number of unbranched alkanes of at least 4 members (excludes halogenated alkanes) is 10. The van der Waals surface area contributed by atoms with Gasteiger partial charge in [-0.2, -0.15) is 4.89 Å². The van der Waals surface area contributed by atoms with Crippen LogP contribution in [0.2, 0.25) is 0 Å². The summed E-state index contributed by atoms with van der Waals surface area (Å²) in [4.78, 5) is 23.8. The molecule has 0 amide bonds. The maximum Gasteiger partial charge on any atom is 0.342 e. The molecule has 12 bridgehead atoms. The first kappa shape index (κ1) is 67.8. The van der Waals surface area contributed by atoms with Gasteiger partial charge < -0.3 is 144 Å². The Balaban J connectivity index is 1.15. The zero-order valence-electron chi connectivity index (χ0n) is 45.3. The highest BCUT2D eigenvalue weighted by molar-refractivity contribution is 5.68. The SMILES string of the molecule is CCCCCCCCCCCCCC(=O)OO[C@@H]1[C@@H](O)[C@H]2O[C@H]3[C@H](O)[C@@H](O)[C@@H](O[C@H]4[C@H](O)[C@@H](O)[C@@H](O[C@H]5[C@H](O)[C@@H](O)[C@@H](O[C@H]6[C@H](O)[C@@H](O)[C@@H](O[C@H]7[C@H](O)[C@@H](O)[C@@H](O[C@H]1[C@@H](CO)O2)O[C@@H]7CO)O[C@@H]6CO)O[C@@H]5CO)O[C@@H]4CO)O[C@@H]3CO. The molecule has 0 aromatic rings. The standard InChI is InChI=1S/C50H86O32/c1-2-3-4-5-6-7-8-9-10-11-12-13-26(57)81-82-44-37(68)50-74-25(19-56)43(44)80-49-36(67)31(62)41(23(17-54)73-49)78-47-34(65)29(60)39(21(15-52)71-47)76-45-32(63)27(58)38(20(14-51)69-45)75-46-33(64)28(59)40(22(16-53)70-46)77-48-35(66)30(61)42(79-50)24(18-55)72-48/h20-25,27-56,58-68H,2-19H2,1H3/t20-,21-,22-,23-,24-,25-,27-,28-,29-,30-,31-,32-,33-,34-,35-,36-,37-,38-,39-,40-,41-,42-,43+,44-,45-,46-,47-,48-,49-,50-/m1/s1. The fourth-order valence-corrected chi connectivity index (χ4v) is 11.1. The van der Waals surface area contributed by atoms with E-state index in [0.29, 0.717) is 12.8 Å². The van der Waals surface area contributed by atoms with Crippen LogP contribution in [0.1, 0.15) is 84.0 Å². The van der Waals surface area contributed by atoms with Crippen LogP contribution < -0.4 is 0 Å². The van der Waals surface area contributed by atoms with Crippen molar-refractivity contribution in [3.05, 3.63) is 0 Å². The lowest BCUT2D eigenvalue weighted by atomic mass is 9.94. The van der Waals surface area contributed by atoms with E-state index in [2.05, 4.69) is 6.92 Å². The monoisotopic (exact) mass is 1200 g/mol. The maximum absolute atomic E-state index is 13.2. The highest BCUT2D eigenvalue weighted by Crippen LogP contribution is 2.39. The number of carbonyl (C=O) groups excluding carboxylic acids is 1. The average molecular weight is 1200 g/mol. The van der Waals surface area contributed by atoms with Gasteiger partial charge in [0.15, 0.2) is 43.8 Å². The van der Waals surface area contributed by atoms with E-state index >= 15 is 0 Å². The summed E-state index contributed by atoms with van der Waals surface area (Å²) in [5, 5.41) is 189. The number of rotatable bonds is 20. The number of aliphatic hydroxyl groups is 17. The van der Waals surface area contributed by atoms with E-state index in [4.69, 9.17) is 66.6 Å². The second kappa shape index (κ2) is 32.0. The molecule has 0 unspecified atom stereocenters. The topological polar surface area (TPSA) is 490 Å². The van der Waals surface area contributed by atoms with Gasteiger partial charge in [-0.1, -0.05) is 71.1 Å². The highest BCUT2D eigenvalue weighted by atomic mass is 17.2. The molecule has 0 saturated carbocycles. The Morgan fingerprint density at radius 2 is 0.537 bits per heavy atom. The molecule has 22 aliphatic heterocycles. The lowest BCUT2D eigenvalue weighted by molar-refractivity contribution is -0.421. The van der Waals surface area contributed by atoms with Crippen molar-refractivity contribution < 1.29 is 158 Å². The van der Waals surface area contributed by atoms with Gasteiger partial charge in [-0.3, -0.25) is 4.89 Å². The molecule has 0 spiro atoms. The summed E-state index contributed by atoms with van der Waals surface area (Å²) < 4.78 is 69.6. The number of hydrogen-bond donors (Lipinski definition) is 17. The molecule has 17 N–H and O–H groups in total. The maximum atomic E-state index is 13.2. The van der Waals surface area contributed by atoms with Crippen molar-refractivity contribution in [2.45, 2.75) is 268 Å². The Hall–Kier alpha value is -1.73. The zero-order chi connectivity index (χ0) is 59.5. The highest BCUT2D eigenvalue weighted by Gasteiger charge is 2.59. The summed E-state index contributed by atoms with van der Waals surface area (Å²) in [6.45, 7) is -4.00. The smallest absolute Gasteiger partial charge is 0.342 e. The minimum absolute atomic E-state index is 0.153. The lowest BCUT2D eigenvalue weighted by Crippen LogP contribution is -2.69. The molecule has 22 aliphatic rings. The van der Waals surface area contributed by atoms with Crippen LogP contribution in [0.15, 0.2) is 0 Å². The Labute approximate surface area is 471 Å². The molecule has 22 saturated heterocycles. The third-order valence-corrected chi connectivity index (χ3v) is 15.9. The normalized spacial score (nSPS) is 46.8. The Morgan fingerprint density at radius 1 is 0.305 bits per heavy atom. The third kappa shape index (κ3) is 15.7. The van der Waals surface area contributed by atoms with E-state index in [9.17, 15) is 91.6 Å². The van der Waals surface area contributed by atoms with Crippen LogP contribution in [0.3, 0.4) is 0 Å². The van der Waals surface area contributed by atoms with Crippen LogP contribution >= 0.6 is 0 Å². The van der Waals surface area contributed by atoms with Crippen LogP contribution in [0, 0.1) is 0 Å². The van der Waals surface area contributed by atoms with Crippen molar-refractivity contribution in [3.8, 4) is 0 Å². The van der Waals surface area contributed by atoms with Gasteiger partial charge in [0.2, 0.25) is 0 Å². The molecule has 0 aliphatic carbocycles. The number of hydrogen-bond acceptors (Lipinski definition) is 32. The first-order valence-electron chi connectivity index (χ1n) is 28.2. The second-order valence-corrected chi connectivity index (χ2v) is 21.7. The van der Waals surface area contributed by atoms with Crippen molar-refractivity contribution in [2.24, 2.45) is 0 Å². The zero-order valence-corrected chi connectivity index (χ0v) is 45.3. The first-order chi connectivity index (χ1) is 39.4. The first-order valence-corrected chi connectivity index (χ1v) is 28.2. The van der Waals surface area contributed by atoms with E-state index in [1.165, 1.54) is 19.3 Å². The Bertz CT molecular complexity index is 1850. The lowest BCUT2D eigenvalue weighted by Gasteiger charge is -2.50. The molecule has 22 rings (SSSR count). The molecule has 22 heterocycles. The predicted molar refractivity (Wildman–Crippen MR) is 262 cm³/mol. The van der Waals surface area contributed by atoms with Gasteiger partial charge in [0.25, 0.3) is 0 Å². The fraction of sp³-hybridized carbons (Fsp3) is 0.980.